The van der Waals surface area contributed by atoms with Crippen LogP contribution in [0, 0.1) is 5.41 Å². The van der Waals surface area contributed by atoms with Crippen LogP contribution in [0.25, 0.3) is 0 Å². The van der Waals surface area contributed by atoms with Gasteiger partial charge in [-0.2, -0.15) is 0 Å². The van der Waals surface area contributed by atoms with Crippen LogP contribution in [0.4, 0.5) is 0 Å². The molecule has 3 nitrogen and oxygen atoms in total. The van der Waals surface area contributed by atoms with Crippen molar-refractivity contribution in [2.45, 2.75) is 56.3 Å². The van der Waals surface area contributed by atoms with Crippen molar-refractivity contribution in [2.24, 2.45) is 5.41 Å². The van der Waals surface area contributed by atoms with Crippen molar-refractivity contribution < 1.29 is 14.3 Å². The van der Waals surface area contributed by atoms with E-state index in [4.69, 9.17) is 9.47 Å². The van der Waals surface area contributed by atoms with Gasteiger partial charge < -0.3 is 9.47 Å². The van der Waals surface area contributed by atoms with Gasteiger partial charge in [-0.1, -0.05) is 55.7 Å². The zero-order valence-electron chi connectivity index (χ0n) is 10.8. The first kappa shape index (κ1) is 15.2. The minimum Gasteiger partial charge on any atom is -0.438 e. The van der Waals surface area contributed by atoms with Crippen LogP contribution in [-0.4, -0.2) is 23.3 Å². The second-order valence-corrected chi connectivity index (χ2v) is 6.68. The minimum atomic E-state index is -0.165. The highest BCUT2D eigenvalue weighted by Gasteiger charge is 2.27. The molecule has 1 fully saturated rings. The molecule has 1 saturated carbocycles. The third kappa shape index (κ3) is 5.55. The summed E-state index contributed by atoms with van der Waals surface area (Å²) in [7, 11) is 0. The molecular formula is C13H23IO3. The Labute approximate surface area is 118 Å². The first-order chi connectivity index (χ1) is 8.07. The van der Waals surface area contributed by atoms with E-state index < -0.39 is 0 Å². The van der Waals surface area contributed by atoms with Crippen molar-refractivity contribution in [3.8, 4) is 0 Å². The Bertz CT molecular complexity index is 237. The highest BCUT2D eigenvalue weighted by atomic mass is 127. The van der Waals surface area contributed by atoms with Crippen molar-refractivity contribution in [3.63, 3.8) is 0 Å². The van der Waals surface area contributed by atoms with Gasteiger partial charge in [0.15, 0.2) is 6.79 Å². The lowest BCUT2D eigenvalue weighted by Crippen LogP contribution is -2.27. The van der Waals surface area contributed by atoms with Gasteiger partial charge in [0.1, 0.15) is 3.92 Å². The SMILES string of the molecule is CCC(I)C(=O)OCOCC1(C)CCCCC1. The van der Waals surface area contributed by atoms with Crippen LogP contribution in [0.3, 0.4) is 0 Å². The molecule has 17 heavy (non-hydrogen) atoms. The predicted octanol–water partition coefficient (Wildman–Crippen LogP) is 3.69. The van der Waals surface area contributed by atoms with E-state index in [0.29, 0.717) is 12.0 Å². The molecule has 1 unspecified atom stereocenters. The Balaban J connectivity index is 2.13. The van der Waals surface area contributed by atoms with Crippen LogP contribution in [0.5, 0.6) is 0 Å². The Morgan fingerprint density at radius 2 is 2.00 bits per heavy atom. The Kier molecular flexibility index (Phi) is 6.77. The van der Waals surface area contributed by atoms with Gasteiger partial charge in [-0.3, -0.25) is 4.79 Å². The summed E-state index contributed by atoms with van der Waals surface area (Å²) in [5.74, 6) is -0.165. The van der Waals surface area contributed by atoms with Crippen LogP contribution in [0.1, 0.15) is 52.4 Å². The summed E-state index contributed by atoms with van der Waals surface area (Å²) in [5.41, 5.74) is 0.291. The molecule has 4 heteroatoms. The van der Waals surface area contributed by atoms with Gasteiger partial charge in [0.05, 0.1) is 6.61 Å². The third-order valence-electron chi connectivity index (χ3n) is 3.41. The van der Waals surface area contributed by atoms with E-state index in [1.807, 2.05) is 6.92 Å². The lowest BCUT2D eigenvalue weighted by atomic mass is 9.76. The molecule has 1 aliphatic carbocycles. The number of halogens is 1. The summed E-state index contributed by atoms with van der Waals surface area (Å²) in [4.78, 5) is 11.4. The molecule has 0 radical (unpaired) electrons. The third-order valence-corrected chi connectivity index (χ3v) is 4.80. The second kappa shape index (κ2) is 7.56. The fraction of sp³-hybridized carbons (Fsp3) is 0.923. The number of hydrogen-bond acceptors (Lipinski definition) is 3. The van der Waals surface area contributed by atoms with Crippen LogP contribution in [0.2, 0.25) is 0 Å². The molecule has 1 aliphatic rings. The van der Waals surface area contributed by atoms with E-state index in [1.54, 1.807) is 0 Å². The van der Waals surface area contributed by atoms with E-state index in [9.17, 15) is 4.79 Å². The maximum Gasteiger partial charge on any atom is 0.320 e. The molecule has 0 aromatic heterocycles. The van der Waals surface area contributed by atoms with Crippen LogP contribution >= 0.6 is 22.6 Å². The number of carbonyl (C=O) groups is 1. The summed E-state index contributed by atoms with van der Waals surface area (Å²) < 4.78 is 10.5. The molecular weight excluding hydrogens is 331 g/mol. The van der Waals surface area contributed by atoms with E-state index in [1.165, 1.54) is 32.1 Å². The van der Waals surface area contributed by atoms with Crippen LogP contribution in [-0.2, 0) is 14.3 Å². The Morgan fingerprint density at radius 1 is 1.35 bits per heavy atom. The molecule has 1 atom stereocenters. The lowest BCUT2D eigenvalue weighted by Gasteiger charge is -2.33. The lowest BCUT2D eigenvalue weighted by molar-refractivity contribution is -0.158. The summed E-state index contributed by atoms with van der Waals surface area (Å²) in [5, 5.41) is 0. The van der Waals surface area contributed by atoms with Gasteiger partial charge in [-0.05, 0) is 24.7 Å². The molecule has 0 saturated heterocycles. The molecule has 0 spiro atoms. The number of ether oxygens (including phenoxy) is 2. The number of esters is 1. The number of alkyl halides is 1. The molecule has 0 bridgehead atoms. The first-order valence-electron chi connectivity index (χ1n) is 6.46. The zero-order chi connectivity index (χ0) is 12.7. The summed E-state index contributed by atoms with van der Waals surface area (Å²) in [6.45, 7) is 5.05. The topological polar surface area (TPSA) is 35.5 Å². The molecule has 0 aromatic rings. The largest absolute Gasteiger partial charge is 0.438 e. The van der Waals surface area contributed by atoms with Gasteiger partial charge in [-0.15, -0.1) is 0 Å². The molecule has 0 aromatic carbocycles. The van der Waals surface area contributed by atoms with E-state index in [2.05, 4.69) is 29.5 Å². The average molecular weight is 354 g/mol. The number of rotatable bonds is 6. The van der Waals surface area contributed by atoms with Gasteiger partial charge in [-0.25, -0.2) is 0 Å². The summed E-state index contributed by atoms with van der Waals surface area (Å²) in [6, 6.07) is 0. The van der Waals surface area contributed by atoms with Crippen molar-refractivity contribution in [3.05, 3.63) is 0 Å². The maximum atomic E-state index is 11.4. The normalized spacial score (nSPS) is 20.9. The number of hydrogen-bond donors (Lipinski definition) is 0. The first-order valence-corrected chi connectivity index (χ1v) is 7.70. The van der Waals surface area contributed by atoms with Gasteiger partial charge >= 0.3 is 5.97 Å². The average Bonchev–Trinajstić information content (AvgIpc) is 2.34. The molecule has 0 heterocycles. The minimum absolute atomic E-state index is 0.0542. The van der Waals surface area contributed by atoms with Gasteiger partial charge in [0, 0.05) is 0 Å². The zero-order valence-corrected chi connectivity index (χ0v) is 13.0. The summed E-state index contributed by atoms with van der Waals surface area (Å²) in [6.07, 6.45) is 7.20. The van der Waals surface area contributed by atoms with Crippen molar-refractivity contribution in [1.29, 1.82) is 0 Å². The standard InChI is InChI=1S/C13H23IO3/c1-3-11(14)12(15)17-10-16-9-13(2)7-5-4-6-8-13/h11H,3-10H2,1-2H3. The maximum absolute atomic E-state index is 11.4. The van der Waals surface area contributed by atoms with Crippen molar-refractivity contribution in [2.75, 3.05) is 13.4 Å². The van der Waals surface area contributed by atoms with Gasteiger partial charge in [0.2, 0.25) is 0 Å². The number of carbonyl (C=O) groups excluding carboxylic acids is 1. The van der Waals surface area contributed by atoms with E-state index in [-0.39, 0.29) is 16.7 Å². The van der Waals surface area contributed by atoms with Crippen molar-refractivity contribution >= 4 is 28.6 Å². The van der Waals surface area contributed by atoms with E-state index >= 15 is 0 Å². The summed E-state index contributed by atoms with van der Waals surface area (Å²) >= 11 is 2.10. The van der Waals surface area contributed by atoms with Gasteiger partial charge in [0.25, 0.3) is 0 Å². The Hall–Kier alpha value is 0.160. The quantitative estimate of drug-likeness (QED) is 0.240. The molecule has 0 amide bonds. The van der Waals surface area contributed by atoms with Crippen LogP contribution < -0.4 is 0 Å². The fourth-order valence-corrected chi connectivity index (χ4v) is 2.37. The highest BCUT2D eigenvalue weighted by Crippen LogP contribution is 2.35. The molecule has 0 N–H and O–H groups in total. The molecule has 100 valence electrons. The van der Waals surface area contributed by atoms with Crippen molar-refractivity contribution in [1.82, 2.24) is 0 Å². The predicted molar refractivity (Wildman–Crippen MR) is 76.2 cm³/mol. The Morgan fingerprint density at radius 3 is 2.59 bits per heavy atom. The van der Waals surface area contributed by atoms with Crippen LogP contribution in [0.15, 0.2) is 0 Å². The molecule has 0 aliphatic heterocycles. The van der Waals surface area contributed by atoms with E-state index in [0.717, 1.165) is 6.42 Å². The smallest absolute Gasteiger partial charge is 0.320 e. The molecule has 1 rings (SSSR count). The second-order valence-electron chi connectivity index (χ2n) is 5.18. The monoisotopic (exact) mass is 354 g/mol. The fourth-order valence-electron chi connectivity index (χ4n) is 2.19. The highest BCUT2D eigenvalue weighted by molar-refractivity contribution is 14.1.